The fraction of sp³-hybridized carbons (Fsp3) is 0.250. The summed E-state index contributed by atoms with van der Waals surface area (Å²) in [7, 11) is -1.68. The molecule has 0 aliphatic rings. The summed E-state index contributed by atoms with van der Waals surface area (Å²) in [4.78, 5) is 4.45. The number of aliphatic imine (C=N–C) groups is 1. The van der Waals surface area contributed by atoms with Gasteiger partial charge >= 0.3 is 0 Å². The van der Waals surface area contributed by atoms with E-state index in [1.807, 2.05) is 24.3 Å². The van der Waals surface area contributed by atoms with Crippen molar-refractivity contribution >= 4 is 39.8 Å². The second-order valence-corrected chi connectivity index (χ2v) is 7.80. The summed E-state index contributed by atoms with van der Waals surface area (Å²) >= 11 is 0. The fourth-order valence-electron chi connectivity index (χ4n) is 2.39. The van der Waals surface area contributed by atoms with E-state index in [9.17, 15) is 8.42 Å². The van der Waals surface area contributed by atoms with Gasteiger partial charge in [0.2, 0.25) is 0 Å². The van der Waals surface area contributed by atoms with Crippen LogP contribution in [0.1, 0.15) is 5.56 Å². The quantitative estimate of drug-likeness (QED) is 0.232. The standard InChI is InChI=1S/C20H25N3O3S.HI/c1-3-14-26-19-12-8-7-9-17(19)16-23-20(21-2)22-13-15-27(24,25)18-10-5-4-6-11-18;/h3-12H,1,13-16H2,2H3,(H2,21,22,23);1H. The molecule has 0 amide bonds. The van der Waals surface area contributed by atoms with E-state index in [4.69, 9.17) is 4.74 Å². The Morgan fingerprint density at radius 1 is 1.11 bits per heavy atom. The van der Waals surface area contributed by atoms with Crippen LogP contribution in [0.5, 0.6) is 5.75 Å². The van der Waals surface area contributed by atoms with Gasteiger partial charge in [-0.05, 0) is 18.2 Å². The first-order chi connectivity index (χ1) is 13.1. The van der Waals surface area contributed by atoms with Gasteiger partial charge in [0.05, 0.1) is 10.6 Å². The maximum absolute atomic E-state index is 12.3. The van der Waals surface area contributed by atoms with Crippen LogP contribution in [0, 0.1) is 0 Å². The monoisotopic (exact) mass is 515 g/mol. The number of nitrogens with one attached hydrogen (secondary N) is 2. The molecule has 0 aliphatic heterocycles. The third-order valence-corrected chi connectivity index (χ3v) is 5.50. The van der Waals surface area contributed by atoms with Crippen molar-refractivity contribution in [2.75, 3.05) is 26.0 Å². The molecule has 2 rings (SSSR count). The van der Waals surface area contributed by atoms with Crippen LogP contribution in [0.4, 0.5) is 0 Å². The number of sulfone groups is 1. The molecule has 28 heavy (non-hydrogen) atoms. The molecule has 2 aromatic rings. The van der Waals surface area contributed by atoms with E-state index in [1.165, 1.54) is 0 Å². The van der Waals surface area contributed by atoms with E-state index in [1.54, 1.807) is 43.5 Å². The summed E-state index contributed by atoms with van der Waals surface area (Å²) in [5.41, 5.74) is 0.971. The predicted molar refractivity (Wildman–Crippen MR) is 124 cm³/mol. The predicted octanol–water partition coefficient (Wildman–Crippen LogP) is 3.01. The molecule has 0 aliphatic carbocycles. The van der Waals surface area contributed by atoms with Crippen molar-refractivity contribution in [2.24, 2.45) is 4.99 Å². The van der Waals surface area contributed by atoms with E-state index in [-0.39, 0.29) is 36.3 Å². The van der Waals surface area contributed by atoms with E-state index < -0.39 is 9.84 Å². The molecule has 8 heteroatoms. The first-order valence-corrected chi connectivity index (χ1v) is 10.3. The summed E-state index contributed by atoms with van der Waals surface area (Å²) in [6.07, 6.45) is 1.69. The SMILES string of the molecule is C=CCOc1ccccc1CNC(=NC)NCCS(=O)(=O)c1ccccc1.I. The van der Waals surface area contributed by atoms with Crippen molar-refractivity contribution in [3.05, 3.63) is 72.8 Å². The summed E-state index contributed by atoms with van der Waals surface area (Å²) in [6.45, 7) is 4.84. The highest BCUT2D eigenvalue weighted by Gasteiger charge is 2.13. The van der Waals surface area contributed by atoms with Crippen molar-refractivity contribution < 1.29 is 13.2 Å². The third kappa shape index (κ3) is 7.51. The summed E-state index contributed by atoms with van der Waals surface area (Å²) < 4.78 is 30.2. The number of nitrogens with zero attached hydrogens (tertiary/aromatic N) is 1. The number of rotatable bonds is 9. The molecule has 0 fully saturated rings. The number of ether oxygens (including phenoxy) is 1. The molecule has 0 radical (unpaired) electrons. The van der Waals surface area contributed by atoms with Gasteiger partial charge in [-0.15, -0.1) is 24.0 Å². The number of guanidine groups is 1. The van der Waals surface area contributed by atoms with Gasteiger partial charge in [-0.2, -0.15) is 0 Å². The Labute approximate surface area is 184 Å². The first-order valence-electron chi connectivity index (χ1n) is 8.60. The minimum absolute atomic E-state index is 0. The van der Waals surface area contributed by atoms with Gasteiger partial charge in [-0.25, -0.2) is 8.42 Å². The van der Waals surface area contributed by atoms with Crippen LogP contribution >= 0.6 is 24.0 Å². The molecule has 0 saturated carbocycles. The number of hydrogen-bond acceptors (Lipinski definition) is 4. The van der Waals surface area contributed by atoms with E-state index >= 15 is 0 Å². The normalized spacial score (nSPS) is 11.2. The van der Waals surface area contributed by atoms with Crippen LogP contribution in [0.3, 0.4) is 0 Å². The molecule has 6 nitrogen and oxygen atoms in total. The highest BCUT2D eigenvalue weighted by atomic mass is 127. The molecule has 0 heterocycles. The Balaban J connectivity index is 0.00000392. The largest absolute Gasteiger partial charge is 0.489 e. The third-order valence-electron chi connectivity index (χ3n) is 3.76. The number of hydrogen-bond donors (Lipinski definition) is 2. The molecular formula is C20H26IN3O3S. The summed E-state index contributed by atoms with van der Waals surface area (Å²) in [6, 6.07) is 16.1. The molecule has 0 spiro atoms. The van der Waals surface area contributed by atoms with E-state index in [2.05, 4.69) is 22.2 Å². The number of benzene rings is 2. The van der Waals surface area contributed by atoms with Gasteiger partial charge in [-0.1, -0.05) is 49.1 Å². The van der Waals surface area contributed by atoms with Gasteiger partial charge in [-0.3, -0.25) is 4.99 Å². The lowest BCUT2D eigenvalue weighted by Gasteiger charge is -2.14. The van der Waals surface area contributed by atoms with Crippen molar-refractivity contribution in [1.82, 2.24) is 10.6 Å². The van der Waals surface area contributed by atoms with Gasteiger partial charge in [0.1, 0.15) is 12.4 Å². The zero-order chi connectivity index (χ0) is 19.5. The smallest absolute Gasteiger partial charge is 0.191 e. The maximum atomic E-state index is 12.3. The van der Waals surface area contributed by atoms with Crippen LogP contribution in [-0.4, -0.2) is 40.3 Å². The van der Waals surface area contributed by atoms with Crippen LogP contribution < -0.4 is 15.4 Å². The minimum Gasteiger partial charge on any atom is -0.489 e. The Kier molecular flexibility index (Phi) is 10.6. The highest BCUT2D eigenvalue weighted by molar-refractivity contribution is 14.0. The average Bonchev–Trinajstić information content (AvgIpc) is 2.70. The molecule has 2 aromatic carbocycles. The molecular weight excluding hydrogens is 489 g/mol. The van der Waals surface area contributed by atoms with Gasteiger partial charge in [0.25, 0.3) is 0 Å². The zero-order valence-electron chi connectivity index (χ0n) is 15.8. The maximum Gasteiger partial charge on any atom is 0.191 e. The molecule has 2 N–H and O–H groups in total. The second kappa shape index (κ2) is 12.4. The van der Waals surface area contributed by atoms with Crippen LogP contribution in [-0.2, 0) is 16.4 Å². The fourth-order valence-corrected chi connectivity index (χ4v) is 3.57. The Morgan fingerprint density at radius 2 is 1.79 bits per heavy atom. The van der Waals surface area contributed by atoms with Gasteiger partial charge in [0, 0.05) is 25.7 Å². The van der Waals surface area contributed by atoms with Crippen molar-refractivity contribution in [3.63, 3.8) is 0 Å². The highest BCUT2D eigenvalue weighted by Crippen LogP contribution is 2.17. The molecule has 152 valence electrons. The summed E-state index contributed by atoms with van der Waals surface area (Å²) in [5.74, 6) is 1.28. The Hall–Kier alpha value is -2.07. The summed E-state index contributed by atoms with van der Waals surface area (Å²) in [5, 5.41) is 6.20. The average molecular weight is 515 g/mol. The number of para-hydroxylation sites is 1. The van der Waals surface area contributed by atoms with Crippen molar-refractivity contribution in [3.8, 4) is 5.75 Å². The molecule has 0 bridgehead atoms. The molecule has 0 aromatic heterocycles. The zero-order valence-corrected chi connectivity index (χ0v) is 18.9. The first kappa shape index (κ1) is 24.0. The molecule has 0 atom stereocenters. The molecule has 0 saturated heterocycles. The van der Waals surface area contributed by atoms with Crippen LogP contribution in [0.15, 0.2) is 77.1 Å². The Morgan fingerprint density at radius 3 is 2.46 bits per heavy atom. The lowest BCUT2D eigenvalue weighted by molar-refractivity contribution is 0.358. The topological polar surface area (TPSA) is 79.8 Å². The second-order valence-electron chi connectivity index (χ2n) is 5.69. The number of halogens is 1. The van der Waals surface area contributed by atoms with Crippen LogP contribution in [0.25, 0.3) is 0 Å². The lowest BCUT2D eigenvalue weighted by atomic mass is 10.2. The van der Waals surface area contributed by atoms with Crippen molar-refractivity contribution in [2.45, 2.75) is 11.4 Å². The van der Waals surface area contributed by atoms with Crippen molar-refractivity contribution in [1.29, 1.82) is 0 Å². The Bertz CT molecular complexity index is 871. The van der Waals surface area contributed by atoms with E-state index in [0.29, 0.717) is 24.0 Å². The van der Waals surface area contributed by atoms with Gasteiger partial charge < -0.3 is 15.4 Å². The van der Waals surface area contributed by atoms with Gasteiger partial charge in [0.15, 0.2) is 15.8 Å². The molecule has 0 unspecified atom stereocenters. The van der Waals surface area contributed by atoms with Crippen LogP contribution in [0.2, 0.25) is 0 Å². The minimum atomic E-state index is -3.32. The van der Waals surface area contributed by atoms with E-state index in [0.717, 1.165) is 11.3 Å². The lowest BCUT2D eigenvalue weighted by Crippen LogP contribution is -2.39.